The van der Waals surface area contributed by atoms with Crippen LogP contribution in [-0.2, 0) is 0 Å². The maximum Gasteiger partial charge on any atom is 0.0637 e. The summed E-state index contributed by atoms with van der Waals surface area (Å²) in [5.74, 6) is 0. The Morgan fingerprint density at radius 3 is 2.20 bits per heavy atom. The molecule has 3 aromatic rings. The van der Waals surface area contributed by atoms with Gasteiger partial charge in [0.2, 0.25) is 0 Å². The van der Waals surface area contributed by atoms with Crippen LogP contribution in [0.5, 0.6) is 0 Å². The topological polar surface area (TPSA) is 0 Å². The maximum absolute atomic E-state index is 2.49. The number of hydrogen-bond donors (Lipinski definition) is 0. The van der Waals surface area contributed by atoms with Gasteiger partial charge < -0.3 is 0 Å². The molecule has 125 valence electrons. The summed E-state index contributed by atoms with van der Waals surface area (Å²) in [5, 5.41) is 5.81. The summed E-state index contributed by atoms with van der Waals surface area (Å²) >= 11 is 0. The van der Waals surface area contributed by atoms with Gasteiger partial charge in [-0.25, -0.2) is 0 Å². The lowest BCUT2D eigenvalue weighted by molar-refractivity contribution is 0.732. The Morgan fingerprint density at radius 1 is 0.840 bits per heavy atom. The van der Waals surface area contributed by atoms with E-state index in [0.29, 0.717) is 10.6 Å². The van der Waals surface area contributed by atoms with Crippen LogP contribution in [0.2, 0.25) is 17.1 Å². The Morgan fingerprint density at radius 2 is 1.48 bits per heavy atom. The van der Waals surface area contributed by atoms with Crippen molar-refractivity contribution in [1.29, 1.82) is 0 Å². The van der Waals surface area contributed by atoms with E-state index in [0.717, 1.165) is 0 Å². The zero-order chi connectivity index (χ0) is 17.6. The van der Waals surface area contributed by atoms with Crippen LogP contribution in [0.15, 0.2) is 72.8 Å². The Labute approximate surface area is 152 Å². The predicted octanol–water partition coefficient (Wildman–Crippen LogP) is 7.24. The smallest absolute Gasteiger partial charge is 0.0637 e. The normalized spacial score (nSPS) is 17.6. The van der Waals surface area contributed by atoms with E-state index in [1.165, 1.54) is 32.7 Å². The minimum absolute atomic E-state index is 0.385. The van der Waals surface area contributed by atoms with Gasteiger partial charge in [0.25, 0.3) is 0 Å². The zero-order valence-corrected chi connectivity index (χ0v) is 16.5. The lowest BCUT2D eigenvalue weighted by Gasteiger charge is -2.32. The van der Waals surface area contributed by atoms with Crippen LogP contribution in [0.25, 0.3) is 27.1 Å². The number of benzene rings is 3. The summed E-state index contributed by atoms with van der Waals surface area (Å²) in [6, 6.07) is 20.0. The Bertz CT molecular complexity index is 1000. The van der Waals surface area contributed by atoms with Crippen LogP contribution in [0.3, 0.4) is 0 Å². The molecule has 25 heavy (non-hydrogen) atoms. The highest BCUT2D eigenvalue weighted by Gasteiger charge is 2.33. The van der Waals surface area contributed by atoms with E-state index in [2.05, 4.69) is 100 Å². The van der Waals surface area contributed by atoms with Crippen LogP contribution in [0.1, 0.15) is 26.3 Å². The molecule has 0 nitrogen and oxygen atoms in total. The van der Waals surface area contributed by atoms with Gasteiger partial charge in [-0.3, -0.25) is 0 Å². The van der Waals surface area contributed by atoms with Crippen molar-refractivity contribution in [3.63, 3.8) is 0 Å². The highest BCUT2D eigenvalue weighted by Crippen LogP contribution is 2.46. The second-order valence-electron chi connectivity index (χ2n) is 8.11. The molecular formula is C24H25Si. The first kappa shape index (κ1) is 16.4. The first-order valence-electron chi connectivity index (χ1n) is 9.10. The molecule has 0 saturated carbocycles. The summed E-state index contributed by atoms with van der Waals surface area (Å²) in [4.78, 5) is 0. The third-order valence-corrected chi connectivity index (χ3v) is 9.45. The van der Waals surface area contributed by atoms with Gasteiger partial charge in [-0.15, -0.1) is 0 Å². The minimum atomic E-state index is -0.554. The molecule has 0 bridgehead atoms. The molecule has 3 aromatic carbocycles. The molecule has 1 unspecified atom stereocenters. The van der Waals surface area contributed by atoms with Crippen molar-refractivity contribution < 1.29 is 0 Å². The van der Waals surface area contributed by atoms with Crippen molar-refractivity contribution in [2.24, 2.45) is 0 Å². The molecule has 0 heterocycles. The summed E-state index contributed by atoms with van der Waals surface area (Å²) in [7, 11) is -0.554. The molecular weight excluding hydrogens is 316 g/mol. The van der Waals surface area contributed by atoms with Crippen LogP contribution in [0, 0.1) is 0 Å². The summed E-state index contributed by atoms with van der Waals surface area (Å²) in [6.07, 6.45) is 7.05. The lowest BCUT2D eigenvalue weighted by atomic mass is 9.92. The van der Waals surface area contributed by atoms with E-state index in [1.54, 1.807) is 0 Å². The minimum Gasteiger partial charge on any atom is -0.0800 e. The summed E-state index contributed by atoms with van der Waals surface area (Å²) in [6.45, 7) is 9.67. The van der Waals surface area contributed by atoms with Gasteiger partial charge in [0.1, 0.15) is 0 Å². The van der Waals surface area contributed by atoms with Crippen LogP contribution in [-0.4, -0.2) is 8.80 Å². The van der Waals surface area contributed by atoms with Crippen LogP contribution in [0.4, 0.5) is 0 Å². The van der Waals surface area contributed by atoms with Gasteiger partial charge in [0.05, 0.1) is 8.80 Å². The van der Waals surface area contributed by atoms with Crippen molar-refractivity contribution in [3.05, 3.63) is 78.4 Å². The first-order valence-corrected chi connectivity index (χ1v) is 11.2. The fourth-order valence-electron chi connectivity index (χ4n) is 3.87. The number of rotatable bonds is 2. The monoisotopic (exact) mass is 341 g/mol. The fourth-order valence-corrected chi connectivity index (χ4v) is 5.92. The first-order chi connectivity index (χ1) is 12.0. The molecule has 1 heteroatoms. The third-order valence-electron chi connectivity index (χ3n) is 5.64. The summed E-state index contributed by atoms with van der Waals surface area (Å²) in [5.41, 5.74) is 3.50. The fraction of sp³-hybridized carbons (Fsp3) is 0.250. The molecule has 0 N–H and O–H groups in total. The Kier molecular flexibility index (Phi) is 3.92. The van der Waals surface area contributed by atoms with Gasteiger partial charge in [0, 0.05) is 0 Å². The zero-order valence-electron chi connectivity index (χ0n) is 15.5. The lowest BCUT2D eigenvalue weighted by Crippen LogP contribution is -2.26. The second-order valence-corrected chi connectivity index (χ2v) is 11.6. The molecule has 1 atom stereocenters. The highest BCUT2D eigenvalue weighted by atomic mass is 28.3. The largest absolute Gasteiger partial charge is 0.0800 e. The average Bonchev–Trinajstić information content (AvgIpc) is 3.09. The van der Waals surface area contributed by atoms with Gasteiger partial charge in [0.15, 0.2) is 0 Å². The molecule has 0 aliphatic heterocycles. The van der Waals surface area contributed by atoms with Gasteiger partial charge in [-0.05, 0) is 49.3 Å². The molecule has 0 aromatic heterocycles. The van der Waals surface area contributed by atoms with Crippen molar-refractivity contribution in [2.45, 2.75) is 37.9 Å². The van der Waals surface area contributed by atoms with Crippen molar-refractivity contribution in [3.8, 4) is 0 Å². The molecule has 0 spiro atoms. The SMILES string of the molecule is C[Si](C1C=CC=C1c1cc2ccccc2c2ccccc12)C(C)(C)C. The molecule has 0 fully saturated rings. The van der Waals surface area contributed by atoms with Crippen molar-refractivity contribution in [2.75, 3.05) is 0 Å². The molecule has 1 aliphatic rings. The Balaban J connectivity index is 1.94. The predicted molar refractivity (Wildman–Crippen MR) is 114 cm³/mol. The van der Waals surface area contributed by atoms with Gasteiger partial charge >= 0.3 is 0 Å². The number of fused-ring (bicyclic) bond motifs is 3. The van der Waals surface area contributed by atoms with E-state index in [-0.39, 0.29) is 0 Å². The molecule has 0 saturated heterocycles. The summed E-state index contributed by atoms with van der Waals surface area (Å²) < 4.78 is 0. The number of hydrogen-bond acceptors (Lipinski definition) is 0. The Hall–Kier alpha value is -2.12. The van der Waals surface area contributed by atoms with E-state index in [9.17, 15) is 0 Å². The molecule has 1 aliphatic carbocycles. The van der Waals surface area contributed by atoms with Crippen molar-refractivity contribution >= 4 is 35.9 Å². The van der Waals surface area contributed by atoms with Gasteiger partial charge in [-0.1, -0.05) is 94.1 Å². The second kappa shape index (κ2) is 6.00. The van der Waals surface area contributed by atoms with Crippen LogP contribution >= 0.6 is 0 Å². The standard InChI is InChI=1S/C24H25Si/c1-24(2,3)25(4)23-15-9-14-21(23)22-16-17-10-5-6-11-18(17)19-12-7-8-13-20(19)22/h5-16,23H,1-4H3. The quantitative estimate of drug-likeness (QED) is 0.340. The molecule has 0 amide bonds. The molecule has 1 radical (unpaired) electrons. The maximum atomic E-state index is 2.49. The van der Waals surface area contributed by atoms with E-state index < -0.39 is 8.80 Å². The number of allylic oxidation sites excluding steroid dienone is 4. The van der Waals surface area contributed by atoms with Crippen LogP contribution < -0.4 is 0 Å². The van der Waals surface area contributed by atoms with E-state index >= 15 is 0 Å². The molecule has 4 rings (SSSR count). The van der Waals surface area contributed by atoms with Gasteiger partial charge in [-0.2, -0.15) is 0 Å². The third kappa shape index (κ3) is 2.77. The van der Waals surface area contributed by atoms with Crippen molar-refractivity contribution in [1.82, 2.24) is 0 Å². The van der Waals surface area contributed by atoms with E-state index in [4.69, 9.17) is 0 Å². The average molecular weight is 342 g/mol. The van der Waals surface area contributed by atoms with E-state index in [1.807, 2.05) is 0 Å². The highest BCUT2D eigenvalue weighted by molar-refractivity contribution is 6.65.